The lowest BCUT2D eigenvalue weighted by molar-refractivity contribution is 0.673. The smallest absolute Gasteiger partial charge is 0.161 e. The lowest BCUT2D eigenvalue weighted by Crippen LogP contribution is -1.93. The van der Waals surface area contributed by atoms with Crippen molar-refractivity contribution in [1.29, 1.82) is 0 Å². The standard InChI is InChI=1S/C38H23NOS/c1-3-11-24(12-4-1)25-21-22-34-31(23-25)29-18-9-17-28(38(29)41-34)27-16-10-20-33-35(27)36-37(40-33)30-15-7-8-19-32(30)39(36)26-13-5-2-6-14-26/h1-23H. The van der Waals surface area contributed by atoms with Crippen LogP contribution < -0.4 is 0 Å². The Bertz CT molecular complexity index is 2410. The highest BCUT2D eigenvalue weighted by atomic mass is 32.1. The Labute approximate surface area is 240 Å². The van der Waals surface area contributed by atoms with Gasteiger partial charge in [0.2, 0.25) is 0 Å². The highest BCUT2D eigenvalue weighted by Crippen LogP contribution is 2.46. The van der Waals surface area contributed by atoms with Crippen LogP contribution >= 0.6 is 11.3 Å². The summed E-state index contributed by atoms with van der Waals surface area (Å²) in [4.78, 5) is 0. The van der Waals surface area contributed by atoms with Gasteiger partial charge in [0.05, 0.1) is 10.9 Å². The number of nitrogens with zero attached hydrogens (tertiary/aromatic N) is 1. The van der Waals surface area contributed by atoms with Gasteiger partial charge in [0.25, 0.3) is 0 Å². The molecule has 0 spiro atoms. The molecule has 0 saturated carbocycles. The second-order valence-electron chi connectivity index (χ2n) is 10.5. The molecule has 3 heteroatoms. The number of aromatic nitrogens is 1. The fourth-order valence-corrected chi connectivity index (χ4v) is 7.61. The SMILES string of the molecule is c1ccc(-c2ccc3sc4c(-c5cccc6oc7c8ccccc8n(-c8ccccc8)c7c56)cccc4c3c2)cc1. The topological polar surface area (TPSA) is 18.1 Å². The number of para-hydroxylation sites is 2. The van der Waals surface area contributed by atoms with Crippen LogP contribution in [0.1, 0.15) is 0 Å². The predicted molar refractivity (Wildman–Crippen MR) is 174 cm³/mol. The molecule has 0 saturated heterocycles. The molecule has 0 bridgehead atoms. The first-order chi connectivity index (χ1) is 20.3. The van der Waals surface area contributed by atoms with E-state index in [1.807, 2.05) is 11.3 Å². The lowest BCUT2D eigenvalue weighted by Gasteiger charge is -2.10. The van der Waals surface area contributed by atoms with E-state index < -0.39 is 0 Å². The number of furan rings is 1. The van der Waals surface area contributed by atoms with Crippen molar-refractivity contribution in [2.45, 2.75) is 0 Å². The molecule has 0 unspecified atom stereocenters. The number of rotatable bonds is 3. The Hall–Kier alpha value is -5.12. The molecule has 192 valence electrons. The monoisotopic (exact) mass is 541 g/mol. The predicted octanol–water partition coefficient (Wildman–Crippen LogP) is 11.2. The van der Waals surface area contributed by atoms with Crippen LogP contribution in [0.15, 0.2) is 144 Å². The first kappa shape index (κ1) is 22.7. The molecule has 6 aromatic carbocycles. The largest absolute Gasteiger partial charge is 0.454 e. The molecule has 0 N–H and O–H groups in total. The minimum absolute atomic E-state index is 0.910. The molecule has 0 aliphatic rings. The summed E-state index contributed by atoms with van der Waals surface area (Å²) in [6, 6.07) is 49.8. The summed E-state index contributed by atoms with van der Waals surface area (Å²) in [6.07, 6.45) is 0. The van der Waals surface area contributed by atoms with E-state index in [4.69, 9.17) is 4.42 Å². The molecule has 0 amide bonds. The summed E-state index contributed by atoms with van der Waals surface area (Å²) in [5, 5.41) is 4.87. The normalized spacial score (nSPS) is 11.9. The molecule has 3 aromatic heterocycles. The van der Waals surface area contributed by atoms with E-state index in [1.165, 1.54) is 42.4 Å². The molecule has 0 aliphatic carbocycles. The van der Waals surface area contributed by atoms with E-state index in [9.17, 15) is 0 Å². The second-order valence-corrected chi connectivity index (χ2v) is 11.6. The van der Waals surface area contributed by atoms with Crippen LogP contribution in [0.2, 0.25) is 0 Å². The van der Waals surface area contributed by atoms with Gasteiger partial charge in [-0.1, -0.05) is 97.1 Å². The summed E-state index contributed by atoms with van der Waals surface area (Å²) in [5.74, 6) is 0. The zero-order valence-electron chi connectivity index (χ0n) is 22.0. The van der Waals surface area contributed by atoms with Crippen molar-refractivity contribution in [3.63, 3.8) is 0 Å². The van der Waals surface area contributed by atoms with Gasteiger partial charge in [-0.3, -0.25) is 0 Å². The van der Waals surface area contributed by atoms with Gasteiger partial charge >= 0.3 is 0 Å². The van der Waals surface area contributed by atoms with Crippen LogP contribution in [0.4, 0.5) is 0 Å². The van der Waals surface area contributed by atoms with Gasteiger partial charge < -0.3 is 8.98 Å². The van der Waals surface area contributed by atoms with Gasteiger partial charge in [-0.25, -0.2) is 0 Å². The van der Waals surface area contributed by atoms with Crippen molar-refractivity contribution in [2.24, 2.45) is 0 Å². The Morgan fingerprint density at radius 2 is 1.27 bits per heavy atom. The average Bonchev–Trinajstić information content (AvgIpc) is 3.70. The number of benzene rings is 6. The quantitative estimate of drug-likeness (QED) is 0.217. The summed E-state index contributed by atoms with van der Waals surface area (Å²) in [6.45, 7) is 0. The number of hydrogen-bond donors (Lipinski definition) is 0. The zero-order chi connectivity index (χ0) is 26.9. The van der Waals surface area contributed by atoms with Gasteiger partial charge in [-0.15, -0.1) is 11.3 Å². The summed E-state index contributed by atoms with van der Waals surface area (Å²) in [5.41, 5.74) is 10.2. The Balaban J connectivity index is 1.37. The second kappa shape index (κ2) is 8.69. The first-order valence-electron chi connectivity index (χ1n) is 13.9. The fourth-order valence-electron chi connectivity index (χ4n) is 6.40. The molecule has 0 aliphatic heterocycles. The van der Waals surface area contributed by atoms with E-state index in [2.05, 4.69) is 144 Å². The van der Waals surface area contributed by atoms with Crippen LogP contribution in [0.5, 0.6) is 0 Å². The lowest BCUT2D eigenvalue weighted by atomic mass is 9.98. The third kappa shape index (κ3) is 3.30. The molecule has 41 heavy (non-hydrogen) atoms. The van der Waals surface area contributed by atoms with Crippen LogP contribution in [0.3, 0.4) is 0 Å². The van der Waals surface area contributed by atoms with E-state index in [1.54, 1.807) is 0 Å². The Morgan fingerprint density at radius 1 is 0.537 bits per heavy atom. The number of fused-ring (bicyclic) bond motifs is 8. The van der Waals surface area contributed by atoms with E-state index >= 15 is 0 Å². The van der Waals surface area contributed by atoms with Gasteiger partial charge in [0.15, 0.2) is 5.58 Å². The fraction of sp³-hybridized carbons (Fsp3) is 0. The maximum Gasteiger partial charge on any atom is 0.161 e. The van der Waals surface area contributed by atoms with Crippen LogP contribution in [0.25, 0.3) is 81.1 Å². The van der Waals surface area contributed by atoms with E-state index in [0.29, 0.717) is 0 Å². The molecular formula is C38H23NOS. The molecule has 2 nitrogen and oxygen atoms in total. The van der Waals surface area contributed by atoms with Gasteiger partial charge in [-0.05, 0) is 59.2 Å². The van der Waals surface area contributed by atoms with Crippen LogP contribution in [0, 0.1) is 0 Å². The first-order valence-corrected chi connectivity index (χ1v) is 14.7. The van der Waals surface area contributed by atoms with E-state index in [0.717, 1.165) is 38.7 Å². The third-order valence-corrected chi connectivity index (χ3v) is 9.43. The highest BCUT2D eigenvalue weighted by Gasteiger charge is 2.22. The van der Waals surface area contributed by atoms with Gasteiger partial charge in [-0.2, -0.15) is 0 Å². The molecule has 9 aromatic rings. The van der Waals surface area contributed by atoms with Crippen molar-refractivity contribution >= 4 is 64.5 Å². The van der Waals surface area contributed by atoms with Crippen molar-refractivity contribution < 1.29 is 4.42 Å². The van der Waals surface area contributed by atoms with Crippen molar-refractivity contribution in [3.8, 4) is 27.9 Å². The molecule has 0 atom stereocenters. The maximum absolute atomic E-state index is 6.65. The average molecular weight is 542 g/mol. The molecule has 0 fully saturated rings. The van der Waals surface area contributed by atoms with Crippen molar-refractivity contribution in [3.05, 3.63) is 140 Å². The molecule has 0 radical (unpaired) electrons. The van der Waals surface area contributed by atoms with Gasteiger partial charge in [0, 0.05) is 36.8 Å². The summed E-state index contributed by atoms with van der Waals surface area (Å²) >= 11 is 1.87. The van der Waals surface area contributed by atoms with Crippen molar-refractivity contribution in [2.75, 3.05) is 0 Å². The summed E-state index contributed by atoms with van der Waals surface area (Å²) < 4.78 is 11.6. The number of hydrogen-bond acceptors (Lipinski definition) is 2. The summed E-state index contributed by atoms with van der Waals surface area (Å²) in [7, 11) is 0. The van der Waals surface area contributed by atoms with Gasteiger partial charge in [0.1, 0.15) is 11.1 Å². The van der Waals surface area contributed by atoms with E-state index in [-0.39, 0.29) is 0 Å². The molecular weight excluding hydrogens is 518 g/mol. The van der Waals surface area contributed by atoms with Crippen molar-refractivity contribution in [1.82, 2.24) is 4.57 Å². The minimum Gasteiger partial charge on any atom is -0.454 e. The van der Waals surface area contributed by atoms with Crippen LogP contribution in [-0.2, 0) is 0 Å². The van der Waals surface area contributed by atoms with Crippen LogP contribution in [-0.4, -0.2) is 4.57 Å². The molecule has 3 heterocycles. The zero-order valence-corrected chi connectivity index (χ0v) is 22.9. The minimum atomic E-state index is 0.910. The Kier molecular flexibility index (Phi) is 4.80. The Morgan fingerprint density at radius 3 is 2.15 bits per heavy atom. The maximum atomic E-state index is 6.65. The number of thiophene rings is 1. The molecule has 9 rings (SSSR count). The highest BCUT2D eigenvalue weighted by molar-refractivity contribution is 7.26. The third-order valence-electron chi connectivity index (χ3n) is 8.21.